The Morgan fingerprint density at radius 2 is 1.95 bits per heavy atom. The number of nitrogens with zero attached hydrogens (tertiary/aromatic N) is 1. The summed E-state index contributed by atoms with van der Waals surface area (Å²) >= 11 is 0. The van der Waals surface area contributed by atoms with Crippen molar-refractivity contribution in [3.8, 4) is 11.8 Å². The van der Waals surface area contributed by atoms with Crippen molar-refractivity contribution in [2.24, 2.45) is 5.41 Å². The number of aliphatic hydroxyl groups is 1. The molecule has 1 aromatic carbocycles. The van der Waals surface area contributed by atoms with Crippen LogP contribution in [-0.4, -0.2) is 23.1 Å². The minimum Gasteiger partial charge on any atom is -0.492 e. The van der Waals surface area contributed by atoms with Crippen LogP contribution < -0.4 is 4.74 Å². The first kappa shape index (κ1) is 13.1. The molecule has 1 atom stereocenters. The molecule has 1 aromatic rings. The Balaban J connectivity index is 1.94. The second-order valence-electron chi connectivity index (χ2n) is 5.84. The highest BCUT2D eigenvalue weighted by Gasteiger charge is 2.54. The normalized spacial score (nSPS) is 28.1. The number of ether oxygens (including phenoxy) is 1. The number of rotatable bonds is 1. The number of hydrogen-bond donors (Lipinski definition) is 1. The summed E-state index contributed by atoms with van der Waals surface area (Å²) in [6.07, 6.45) is 1.88. The van der Waals surface area contributed by atoms with Gasteiger partial charge >= 0.3 is 0 Å². The van der Waals surface area contributed by atoms with Crippen molar-refractivity contribution in [1.82, 2.24) is 0 Å². The lowest BCUT2D eigenvalue weighted by Crippen LogP contribution is -2.55. The van der Waals surface area contributed by atoms with Crippen LogP contribution in [0.3, 0.4) is 0 Å². The maximum Gasteiger partial charge on any atom is 0.133 e. The zero-order valence-corrected chi connectivity index (χ0v) is 11.3. The molecular formula is C16H17NO3. The van der Waals surface area contributed by atoms with Crippen molar-refractivity contribution >= 4 is 5.78 Å². The van der Waals surface area contributed by atoms with Crippen molar-refractivity contribution in [3.63, 3.8) is 0 Å². The molecule has 104 valence electrons. The molecule has 0 saturated heterocycles. The van der Waals surface area contributed by atoms with Gasteiger partial charge in [0, 0.05) is 19.3 Å². The van der Waals surface area contributed by atoms with E-state index in [0.717, 1.165) is 11.3 Å². The van der Waals surface area contributed by atoms with Gasteiger partial charge in [-0.05, 0) is 24.5 Å². The molecule has 2 aliphatic rings. The van der Waals surface area contributed by atoms with Crippen LogP contribution in [0, 0.1) is 16.7 Å². The highest BCUT2D eigenvalue weighted by Crippen LogP contribution is 2.47. The highest BCUT2D eigenvalue weighted by molar-refractivity contribution is 5.79. The Bertz CT molecular complexity index is 580. The largest absolute Gasteiger partial charge is 0.492 e. The van der Waals surface area contributed by atoms with Gasteiger partial charge < -0.3 is 9.84 Å². The van der Waals surface area contributed by atoms with Gasteiger partial charge in [-0.2, -0.15) is 5.26 Å². The molecule has 0 radical (unpaired) electrons. The summed E-state index contributed by atoms with van der Waals surface area (Å²) in [4.78, 5) is 11.4. The first-order chi connectivity index (χ1) is 9.59. The Hall–Kier alpha value is -1.86. The summed E-state index contributed by atoms with van der Waals surface area (Å²) in [5, 5.41) is 20.6. The van der Waals surface area contributed by atoms with E-state index in [0.29, 0.717) is 32.1 Å². The molecule has 3 rings (SSSR count). The smallest absolute Gasteiger partial charge is 0.133 e. The summed E-state index contributed by atoms with van der Waals surface area (Å²) in [5.74, 6) is 0.953. The third kappa shape index (κ3) is 1.90. The molecule has 0 bridgehead atoms. The summed E-state index contributed by atoms with van der Waals surface area (Å²) in [6.45, 7) is 0.186. The maximum absolute atomic E-state index is 11.4. The Morgan fingerprint density at radius 1 is 1.25 bits per heavy atom. The van der Waals surface area contributed by atoms with Gasteiger partial charge in [-0.3, -0.25) is 4.79 Å². The van der Waals surface area contributed by atoms with Gasteiger partial charge in [0.1, 0.15) is 23.6 Å². The van der Waals surface area contributed by atoms with E-state index < -0.39 is 11.0 Å². The average molecular weight is 271 g/mol. The van der Waals surface area contributed by atoms with Gasteiger partial charge in [0.2, 0.25) is 0 Å². The molecule has 4 heteroatoms. The lowest BCUT2D eigenvalue weighted by molar-refractivity contribution is -0.136. The molecule has 1 aliphatic heterocycles. The van der Waals surface area contributed by atoms with E-state index in [1.54, 1.807) is 0 Å². The fourth-order valence-electron chi connectivity index (χ4n) is 3.26. The molecule has 0 aromatic heterocycles. The third-order valence-corrected chi connectivity index (χ3v) is 4.68. The number of Topliss-reactive ketones (excluding diaryl/α,β-unsaturated/α-hetero) is 1. The van der Waals surface area contributed by atoms with Crippen LogP contribution in [0.15, 0.2) is 24.3 Å². The van der Waals surface area contributed by atoms with Crippen molar-refractivity contribution < 1.29 is 14.6 Å². The molecule has 1 unspecified atom stereocenters. The number of ketones is 1. The van der Waals surface area contributed by atoms with Gasteiger partial charge in [0.15, 0.2) is 0 Å². The standard InChI is InChI=1S/C16H17NO3/c17-10-15(16(19)7-5-13(18)6-8-16)9-12-3-1-2-4-14(12)20-11-15/h1-4,19H,5-9,11H2. The molecule has 1 heterocycles. The molecule has 1 N–H and O–H groups in total. The number of carbonyl (C=O) groups excluding carboxylic acids is 1. The van der Waals surface area contributed by atoms with Gasteiger partial charge in [-0.15, -0.1) is 0 Å². The number of hydrogen-bond acceptors (Lipinski definition) is 4. The zero-order valence-electron chi connectivity index (χ0n) is 11.3. The Kier molecular flexibility index (Phi) is 3.02. The SMILES string of the molecule is N#CC1(C2(O)CCC(=O)CC2)COc2ccccc2C1. The number of carbonyl (C=O) groups is 1. The highest BCUT2D eigenvalue weighted by atomic mass is 16.5. The minimum atomic E-state index is -1.14. The zero-order chi connectivity index (χ0) is 14.2. The van der Waals surface area contributed by atoms with Crippen LogP contribution in [0.25, 0.3) is 0 Å². The summed E-state index contributed by atoms with van der Waals surface area (Å²) in [5.41, 5.74) is -1.14. The lowest BCUT2D eigenvalue weighted by Gasteiger charge is -2.46. The summed E-state index contributed by atoms with van der Waals surface area (Å²) < 4.78 is 5.71. The number of benzene rings is 1. The predicted molar refractivity (Wildman–Crippen MR) is 72.1 cm³/mol. The van der Waals surface area contributed by atoms with Crippen LogP contribution in [0.4, 0.5) is 0 Å². The van der Waals surface area contributed by atoms with E-state index >= 15 is 0 Å². The van der Waals surface area contributed by atoms with E-state index in [1.807, 2.05) is 24.3 Å². The number of fused-ring (bicyclic) bond motifs is 1. The van der Waals surface area contributed by atoms with E-state index in [-0.39, 0.29) is 12.4 Å². The first-order valence-electron chi connectivity index (χ1n) is 6.95. The van der Waals surface area contributed by atoms with E-state index in [2.05, 4.69) is 6.07 Å². The van der Waals surface area contributed by atoms with Crippen LogP contribution in [0.2, 0.25) is 0 Å². The molecule has 1 aliphatic carbocycles. The molecule has 4 nitrogen and oxygen atoms in total. The van der Waals surface area contributed by atoms with E-state index in [4.69, 9.17) is 4.74 Å². The van der Waals surface area contributed by atoms with Gasteiger partial charge in [0.25, 0.3) is 0 Å². The molecular weight excluding hydrogens is 254 g/mol. The van der Waals surface area contributed by atoms with E-state index in [1.165, 1.54) is 0 Å². The Labute approximate surface area is 118 Å². The topological polar surface area (TPSA) is 70.3 Å². The third-order valence-electron chi connectivity index (χ3n) is 4.68. The monoisotopic (exact) mass is 271 g/mol. The Morgan fingerprint density at radius 3 is 2.65 bits per heavy atom. The fraction of sp³-hybridized carbons (Fsp3) is 0.500. The van der Waals surface area contributed by atoms with Gasteiger partial charge in [0.05, 0.1) is 11.7 Å². The summed E-state index contributed by atoms with van der Waals surface area (Å²) in [7, 11) is 0. The van der Waals surface area contributed by atoms with Crippen molar-refractivity contribution in [1.29, 1.82) is 5.26 Å². The molecule has 20 heavy (non-hydrogen) atoms. The molecule has 0 spiro atoms. The van der Waals surface area contributed by atoms with Gasteiger partial charge in [-0.1, -0.05) is 18.2 Å². The molecule has 1 fully saturated rings. The predicted octanol–water partition coefficient (Wildman–Crippen LogP) is 2.01. The lowest BCUT2D eigenvalue weighted by atomic mass is 9.62. The molecule has 0 amide bonds. The average Bonchev–Trinajstić information content (AvgIpc) is 2.49. The molecule has 1 saturated carbocycles. The van der Waals surface area contributed by atoms with Crippen LogP contribution in [0.1, 0.15) is 31.2 Å². The van der Waals surface area contributed by atoms with Crippen molar-refractivity contribution in [2.45, 2.75) is 37.7 Å². The van der Waals surface area contributed by atoms with Crippen molar-refractivity contribution in [2.75, 3.05) is 6.61 Å². The number of nitriles is 1. The van der Waals surface area contributed by atoms with Crippen LogP contribution in [-0.2, 0) is 11.2 Å². The summed E-state index contributed by atoms with van der Waals surface area (Å²) in [6, 6.07) is 9.91. The minimum absolute atomic E-state index is 0.167. The van der Waals surface area contributed by atoms with E-state index in [9.17, 15) is 15.2 Å². The van der Waals surface area contributed by atoms with Crippen LogP contribution >= 0.6 is 0 Å². The quantitative estimate of drug-likeness (QED) is 0.848. The van der Waals surface area contributed by atoms with Crippen molar-refractivity contribution in [3.05, 3.63) is 29.8 Å². The number of para-hydroxylation sites is 1. The maximum atomic E-state index is 11.4. The second-order valence-corrected chi connectivity index (χ2v) is 5.84. The fourth-order valence-corrected chi connectivity index (χ4v) is 3.26. The van der Waals surface area contributed by atoms with Gasteiger partial charge in [-0.25, -0.2) is 0 Å². The second kappa shape index (κ2) is 4.60. The first-order valence-corrected chi connectivity index (χ1v) is 6.95. The van der Waals surface area contributed by atoms with Crippen LogP contribution in [0.5, 0.6) is 5.75 Å².